The molecule has 724 valence electrons. The highest BCUT2D eigenvalue weighted by atomic mass is 35.5. The molecule has 14 aliphatic rings. The van der Waals surface area contributed by atoms with E-state index in [1.165, 1.54) is 145 Å². The number of nitrogens with zero attached hydrogens (tertiary/aromatic N) is 18. The Morgan fingerprint density at radius 2 is 0.486 bits per heavy atom. The average Bonchev–Trinajstić information content (AvgIpc) is 1.51. The van der Waals surface area contributed by atoms with E-state index >= 15 is 0 Å². The first kappa shape index (κ1) is 94.2. The van der Waals surface area contributed by atoms with E-state index in [4.69, 9.17) is 92.8 Å². The number of alkyl halides is 4. The molecule has 0 atom stereocenters. The van der Waals surface area contributed by atoms with E-state index in [9.17, 15) is 17.6 Å². The summed E-state index contributed by atoms with van der Waals surface area (Å²) in [4.78, 5) is 0. The highest BCUT2D eigenvalue weighted by molar-refractivity contribution is 6.34. The van der Waals surface area contributed by atoms with Crippen molar-refractivity contribution in [1.29, 1.82) is 0 Å². The molecule has 0 radical (unpaired) electrons. The molecule has 0 aliphatic heterocycles. The van der Waals surface area contributed by atoms with Crippen LogP contribution in [0.5, 0.6) is 0 Å². The third kappa shape index (κ3) is 17.7. The van der Waals surface area contributed by atoms with Gasteiger partial charge in [-0.05, 0) is 310 Å². The molecule has 0 spiro atoms. The SMILES string of the molecule is CC1(c2nnc(C3(c4ccc(Cl)cc4)CC(F)C3)n2C2CC2)CC1.Clc1ccc(C2(c3nnc(C4CC4)n3C3CC3)CC2)cc1.Cn1c(-c2ccccc2Cl)nnc1C1(c2ccc(Cl)cc2)CC(F)C1.Cn1c(-c2ccccc2Cl)nnc1C1(c2ccc(Cl)cc2)CCC1.FC1CC(c2ccc(Cl)cc2)(c2nnc(C3CC3)n2C2CC2)C1.FC1CC(c2ccc(Cl)cc2)(c2nnc(C3CC3)n2C2CC2)C1. The first-order chi connectivity index (χ1) is 67.8. The number of aromatic nitrogens is 18. The van der Waals surface area contributed by atoms with E-state index in [0.717, 1.165) is 109 Å². The van der Waals surface area contributed by atoms with Crippen molar-refractivity contribution in [3.63, 3.8) is 0 Å². The van der Waals surface area contributed by atoms with Gasteiger partial charge in [0.2, 0.25) is 0 Å². The van der Waals surface area contributed by atoms with Gasteiger partial charge in [0.05, 0.1) is 42.5 Å². The van der Waals surface area contributed by atoms with Gasteiger partial charge in [-0.25, -0.2) is 17.6 Å². The molecule has 6 heterocycles. The summed E-state index contributed by atoms with van der Waals surface area (Å²) < 4.78 is 69.3. The summed E-state index contributed by atoms with van der Waals surface area (Å²) in [6.07, 6.45) is 25.9. The lowest BCUT2D eigenvalue weighted by Gasteiger charge is -2.44. The molecule has 0 unspecified atom stereocenters. The Bertz CT molecular complexity index is 6740. The molecule has 28 rings (SSSR count). The Hall–Kier alpha value is -9.36. The average molecular weight is 2040 g/mol. The fourth-order valence-corrected chi connectivity index (χ4v) is 23.9. The lowest BCUT2D eigenvalue weighted by molar-refractivity contribution is 0.113. The largest absolute Gasteiger partial charge is 0.313 e. The molecule has 0 N–H and O–H groups in total. The second-order valence-corrected chi connectivity index (χ2v) is 45.9. The summed E-state index contributed by atoms with van der Waals surface area (Å²) in [5, 5.41) is 60.0. The van der Waals surface area contributed by atoms with Crippen LogP contribution >= 0.6 is 92.8 Å². The maximum atomic E-state index is 14.0. The standard InChI is InChI=1S/C19H16Cl2FN3.C19H17Cl2N3.C19H21ClFN3.2C18H19ClFN3.C17H18ClN3/c1-25-17(15-4-2-3-5-16(15)21)23-24-18(25)19(10-14(22)11-19)12-6-8-13(20)9-7-12;1-24-17(15-5-2-3-6-16(15)21)22-23-18(24)19(11-4-12-19)13-7-9-14(20)10-8-13;1-18(8-9-18)16-22-23-17(24(16)15-6-7-15)19(10-14(21)11-19)12-2-4-13(20)5-3-12;2*19-13-5-3-12(4-6-13)18(9-14(20)10-18)17-22-21-16(11-1-2-11)23(17)15-7-8-15;18-13-5-3-12(4-6-13)17(9-10-17)16-20-19-15(11-1-2-11)21(16)14-7-8-14/h2-9,14H,10-11H2,1H3;2-3,5-10H,4,11-12H2,1H3;2-5,14-15H,6-11H2,1H3;2*3-6,11,14-15H,1-2,7-10H2;3-6,11,14H,1-2,7-10H2. The van der Waals surface area contributed by atoms with E-state index < -0.39 is 30.1 Å². The summed E-state index contributed by atoms with van der Waals surface area (Å²) in [5.74, 6) is 13.8. The predicted molar refractivity (Wildman–Crippen MR) is 542 cm³/mol. The van der Waals surface area contributed by atoms with Crippen LogP contribution in [0.4, 0.5) is 17.6 Å². The van der Waals surface area contributed by atoms with Crippen LogP contribution in [-0.4, -0.2) is 113 Å². The second kappa shape index (κ2) is 37.0. The van der Waals surface area contributed by atoms with Crippen molar-refractivity contribution >= 4 is 92.8 Å². The minimum absolute atomic E-state index is 0.0775. The van der Waals surface area contributed by atoms with Crippen molar-refractivity contribution < 1.29 is 17.6 Å². The van der Waals surface area contributed by atoms with Crippen molar-refractivity contribution in [2.24, 2.45) is 14.1 Å². The molecule has 8 aromatic carbocycles. The Balaban J connectivity index is 0.0000000938. The zero-order valence-electron chi connectivity index (χ0n) is 78.4. The molecule has 140 heavy (non-hydrogen) atoms. The van der Waals surface area contributed by atoms with Crippen LogP contribution in [0.3, 0.4) is 0 Å². The molecule has 0 saturated heterocycles. The Morgan fingerprint density at radius 3 is 0.743 bits per heavy atom. The van der Waals surface area contributed by atoms with Gasteiger partial charge in [-0.3, -0.25) is 0 Å². The number of hydrogen-bond acceptors (Lipinski definition) is 12. The first-order valence-corrected chi connectivity index (χ1v) is 53.0. The van der Waals surface area contributed by atoms with Gasteiger partial charge in [-0.15, -0.1) is 61.2 Å². The lowest BCUT2D eigenvalue weighted by Crippen LogP contribution is -2.45. The molecular formula is C110H110Cl8F4N18. The molecule has 18 nitrogen and oxygen atoms in total. The molecule has 14 aromatic rings. The Labute approximate surface area is 852 Å². The zero-order valence-corrected chi connectivity index (χ0v) is 84.5. The van der Waals surface area contributed by atoms with E-state index in [0.29, 0.717) is 129 Å². The van der Waals surface area contributed by atoms with Crippen LogP contribution in [0.1, 0.15) is 327 Å². The lowest BCUT2D eigenvalue weighted by atomic mass is 9.62. The van der Waals surface area contributed by atoms with Gasteiger partial charge in [-0.2, -0.15) is 0 Å². The maximum Gasteiger partial charge on any atom is 0.165 e. The topological polar surface area (TPSA) is 184 Å². The van der Waals surface area contributed by atoms with Gasteiger partial charge in [-0.1, -0.05) is 203 Å². The highest BCUT2D eigenvalue weighted by Crippen LogP contribution is 2.62. The van der Waals surface area contributed by atoms with Gasteiger partial charge >= 0.3 is 0 Å². The van der Waals surface area contributed by atoms with Gasteiger partial charge in [0.15, 0.2) is 11.6 Å². The van der Waals surface area contributed by atoms with Gasteiger partial charge in [0.25, 0.3) is 0 Å². The molecule has 6 aromatic heterocycles. The summed E-state index contributed by atoms with van der Waals surface area (Å²) >= 11 is 48.9. The Kier molecular flexibility index (Phi) is 24.9. The van der Waals surface area contributed by atoms with Crippen molar-refractivity contribution in [1.82, 2.24) is 88.6 Å². The number of rotatable bonds is 22. The molecule has 30 heteroatoms. The van der Waals surface area contributed by atoms with Crippen LogP contribution < -0.4 is 0 Å². The van der Waals surface area contributed by atoms with Crippen LogP contribution in [0.2, 0.25) is 40.2 Å². The second-order valence-electron chi connectivity index (χ2n) is 42.5. The van der Waals surface area contributed by atoms with Gasteiger partial charge in [0.1, 0.15) is 82.9 Å². The van der Waals surface area contributed by atoms with Crippen LogP contribution in [0, 0.1) is 0 Å². The third-order valence-corrected chi connectivity index (χ3v) is 34.5. The molecular weight excluding hydrogens is 1930 g/mol. The summed E-state index contributed by atoms with van der Waals surface area (Å²) in [6.45, 7) is 2.27. The predicted octanol–water partition coefficient (Wildman–Crippen LogP) is 28.5. The molecule has 14 saturated carbocycles. The number of benzene rings is 8. The summed E-state index contributed by atoms with van der Waals surface area (Å²) in [5.41, 5.74) is 7.40. The summed E-state index contributed by atoms with van der Waals surface area (Å²) in [7, 11) is 3.92. The van der Waals surface area contributed by atoms with Crippen molar-refractivity contribution in [3.05, 3.63) is 326 Å². The maximum absolute atomic E-state index is 14.0. The van der Waals surface area contributed by atoms with Crippen molar-refractivity contribution in [2.75, 3.05) is 0 Å². The summed E-state index contributed by atoms with van der Waals surface area (Å²) in [6, 6.07) is 64.9. The normalized spacial score (nSPS) is 25.5. The Morgan fingerprint density at radius 1 is 0.250 bits per heavy atom. The zero-order chi connectivity index (χ0) is 96.1. The molecule has 14 fully saturated rings. The van der Waals surface area contributed by atoms with Crippen LogP contribution in [0.15, 0.2) is 194 Å². The van der Waals surface area contributed by atoms with Crippen molar-refractivity contribution in [2.45, 2.75) is 298 Å². The van der Waals surface area contributed by atoms with E-state index in [1.807, 2.05) is 189 Å². The van der Waals surface area contributed by atoms with E-state index in [1.54, 1.807) is 0 Å². The van der Waals surface area contributed by atoms with E-state index in [-0.39, 0.29) is 32.5 Å². The minimum Gasteiger partial charge on any atom is -0.313 e. The van der Waals surface area contributed by atoms with Crippen molar-refractivity contribution in [3.8, 4) is 22.8 Å². The van der Waals surface area contributed by atoms with E-state index in [2.05, 4.69) is 115 Å². The van der Waals surface area contributed by atoms with Crippen LogP contribution in [0.25, 0.3) is 22.8 Å². The molecule has 0 amide bonds. The first-order valence-electron chi connectivity index (χ1n) is 50.0. The monoisotopic (exact) mass is 2040 g/mol. The highest BCUT2D eigenvalue weighted by Gasteiger charge is 2.59. The third-order valence-electron chi connectivity index (χ3n) is 32.3. The fourth-order valence-electron chi connectivity index (χ4n) is 22.7. The number of halogens is 12. The smallest absolute Gasteiger partial charge is 0.165 e. The fraction of sp³-hybridized carbons (Fsp3) is 0.455. The quantitative estimate of drug-likeness (QED) is 0.0586. The molecule has 14 aliphatic carbocycles. The van der Waals surface area contributed by atoms with Crippen LogP contribution in [-0.2, 0) is 52.0 Å². The van der Waals surface area contributed by atoms with Gasteiger partial charge in [0, 0.05) is 103 Å². The van der Waals surface area contributed by atoms with Gasteiger partial charge < -0.3 is 27.4 Å². The molecule has 0 bridgehead atoms. The minimum atomic E-state index is -0.837. The number of hydrogen-bond donors (Lipinski definition) is 0.